The molecule has 22 heavy (non-hydrogen) atoms. The molecule has 3 rings (SSSR count). The summed E-state index contributed by atoms with van der Waals surface area (Å²) >= 11 is 0. The zero-order valence-corrected chi connectivity index (χ0v) is 11.2. The highest BCUT2D eigenvalue weighted by molar-refractivity contribution is 5.52. The lowest BCUT2D eigenvalue weighted by atomic mass is 10.2. The zero-order valence-electron chi connectivity index (χ0n) is 11.2. The van der Waals surface area contributed by atoms with Crippen molar-refractivity contribution in [1.82, 2.24) is 19.7 Å². The normalized spacial score (nSPS) is 9.64. The van der Waals surface area contributed by atoms with E-state index < -0.39 is 5.82 Å². The predicted molar refractivity (Wildman–Crippen MR) is 77.8 cm³/mol. The molecular weight excluding hydrogens is 281 g/mol. The fourth-order valence-corrected chi connectivity index (χ4v) is 1.78. The first-order valence-corrected chi connectivity index (χ1v) is 6.27. The standard InChI is InChI=1S/C16H8FN5/c1-18-14-7-13(17)8-15(9-14)22-11-12(10-21-22)3-4-16-19-5-2-6-20-16/h2,5-11H. The van der Waals surface area contributed by atoms with Crippen LogP contribution in [0.1, 0.15) is 11.4 Å². The smallest absolute Gasteiger partial charge is 0.205 e. The Labute approximate surface area is 125 Å². The monoisotopic (exact) mass is 289 g/mol. The first-order valence-electron chi connectivity index (χ1n) is 6.27. The molecule has 0 N–H and O–H groups in total. The Bertz CT molecular complexity index is 913. The third-order valence-corrected chi connectivity index (χ3v) is 2.73. The molecule has 3 aromatic rings. The number of nitrogens with zero attached hydrogens (tertiary/aromatic N) is 5. The molecule has 2 aromatic heterocycles. The Hall–Kier alpha value is -3.51. The molecule has 0 aliphatic heterocycles. The van der Waals surface area contributed by atoms with Crippen molar-refractivity contribution in [2.24, 2.45) is 0 Å². The molecule has 104 valence electrons. The van der Waals surface area contributed by atoms with E-state index in [0.717, 1.165) is 0 Å². The lowest BCUT2D eigenvalue weighted by Gasteiger charge is -2.01. The van der Waals surface area contributed by atoms with Crippen molar-refractivity contribution < 1.29 is 4.39 Å². The van der Waals surface area contributed by atoms with Crippen molar-refractivity contribution in [3.63, 3.8) is 0 Å². The van der Waals surface area contributed by atoms with E-state index in [9.17, 15) is 4.39 Å². The van der Waals surface area contributed by atoms with Gasteiger partial charge in [-0.05, 0) is 30.2 Å². The maximum absolute atomic E-state index is 13.4. The summed E-state index contributed by atoms with van der Waals surface area (Å²) in [7, 11) is 0. The summed E-state index contributed by atoms with van der Waals surface area (Å²) in [6.45, 7) is 6.96. The van der Waals surface area contributed by atoms with Gasteiger partial charge in [0.15, 0.2) is 5.69 Å². The molecule has 0 aliphatic carbocycles. The number of benzene rings is 1. The highest BCUT2D eigenvalue weighted by Gasteiger charge is 2.04. The van der Waals surface area contributed by atoms with Crippen molar-refractivity contribution in [3.8, 4) is 17.5 Å². The lowest BCUT2D eigenvalue weighted by molar-refractivity contribution is 0.626. The summed E-state index contributed by atoms with van der Waals surface area (Å²) in [6.07, 6.45) is 6.43. The summed E-state index contributed by atoms with van der Waals surface area (Å²) in [4.78, 5) is 11.2. The van der Waals surface area contributed by atoms with Gasteiger partial charge in [0.25, 0.3) is 0 Å². The quantitative estimate of drug-likeness (QED) is 0.511. The van der Waals surface area contributed by atoms with Crippen molar-refractivity contribution in [1.29, 1.82) is 0 Å². The lowest BCUT2D eigenvalue weighted by Crippen LogP contribution is -1.94. The molecule has 1 aromatic carbocycles. The number of rotatable bonds is 1. The number of aromatic nitrogens is 4. The van der Waals surface area contributed by atoms with E-state index in [0.29, 0.717) is 17.1 Å². The van der Waals surface area contributed by atoms with Gasteiger partial charge >= 0.3 is 0 Å². The van der Waals surface area contributed by atoms with E-state index in [1.807, 2.05) is 0 Å². The second kappa shape index (κ2) is 5.86. The maximum atomic E-state index is 13.4. The Morgan fingerprint density at radius 3 is 2.73 bits per heavy atom. The van der Waals surface area contributed by atoms with Crippen LogP contribution in [0.5, 0.6) is 0 Å². The molecule has 0 unspecified atom stereocenters. The van der Waals surface area contributed by atoms with Crippen molar-refractivity contribution in [3.05, 3.63) is 77.7 Å². The molecule has 5 nitrogen and oxygen atoms in total. The molecule has 0 fully saturated rings. The molecule has 0 atom stereocenters. The van der Waals surface area contributed by atoms with Gasteiger partial charge in [0, 0.05) is 18.6 Å². The largest absolute Gasteiger partial charge is 0.241 e. The Morgan fingerprint density at radius 1 is 1.14 bits per heavy atom. The Kier molecular flexibility index (Phi) is 3.59. The second-order valence-corrected chi connectivity index (χ2v) is 4.28. The van der Waals surface area contributed by atoms with Gasteiger partial charge < -0.3 is 0 Å². The Morgan fingerprint density at radius 2 is 1.95 bits per heavy atom. The third-order valence-electron chi connectivity index (χ3n) is 2.73. The van der Waals surface area contributed by atoms with Gasteiger partial charge in [-0.2, -0.15) is 5.10 Å². The van der Waals surface area contributed by atoms with E-state index in [1.54, 1.807) is 36.9 Å². The van der Waals surface area contributed by atoms with Gasteiger partial charge in [0.1, 0.15) is 5.82 Å². The molecule has 0 aliphatic rings. The fraction of sp³-hybridized carbons (Fsp3) is 0. The van der Waals surface area contributed by atoms with Crippen LogP contribution in [0, 0.1) is 24.2 Å². The SMILES string of the molecule is [C-]#[N+]c1cc(F)cc(-n2cc(C#Cc3ncccn3)cn2)c1. The van der Waals surface area contributed by atoms with Gasteiger partial charge in [0.05, 0.1) is 24.0 Å². The van der Waals surface area contributed by atoms with E-state index in [1.165, 1.54) is 16.8 Å². The Balaban J connectivity index is 1.90. The van der Waals surface area contributed by atoms with Crippen LogP contribution in [0.15, 0.2) is 49.1 Å². The highest BCUT2D eigenvalue weighted by atomic mass is 19.1. The average molecular weight is 289 g/mol. The number of halogens is 1. The average Bonchev–Trinajstić information content (AvgIpc) is 3.02. The summed E-state index contributed by atoms with van der Waals surface area (Å²) in [5, 5.41) is 4.12. The molecule has 0 bridgehead atoms. The summed E-state index contributed by atoms with van der Waals surface area (Å²) in [5.41, 5.74) is 1.33. The van der Waals surface area contributed by atoms with Crippen molar-refractivity contribution in [2.75, 3.05) is 0 Å². The number of hydrogen-bond acceptors (Lipinski definition) is 3. The molecule has 0 amide bonds. The molecule has 6 heteroatoms. The van der Waals surface area contributed by atoms with E-state index in [2.05, 4.69) is 31.8 Å². The fourth-order valence-electron chi connectivity index (χ4n) is 1.78. The van der Waals surface area contributed by atoms with E-state index in [4.69, 9.17) is 6.57 Å². The van der Waals surface area contributed by atoms with Gasteiger partial charge in [-0.25, -0.2) is 23.9 Å². The minimum absolute atomic E-state index is 0.218. The van der Waals surface area contributed by atoms with Gasteiger partial charge in [-0.15, -0.1) is 0 Å². The van der Waals surface area contributed by atoms with Crippen LogP contribution in [0.25, 0.3) is 10.5 Å². The van der Waals surface area contributed by atoms with Crippen LogP contribution in [-0.2, 0) is 0 Å². The summed E-state index contributed by atoms with van der Waals surface area (Å²) < 4.78 is 14.9. The van der Waals surface area contributed by atoms with Crippen LogP contribution in [0.3, 0.4) is 0 Å². The van der Waals surface area contributed by atoms with Crippen LogP contribution in [-0.4, -0.2) is 19.7 Å². The molecule has 2 heterocycles. The summed E-state index contributed by atoms with van der Waals surface area (Å²) in [5.74, 6) is 5.62. The van der Waals surface area contributed by atoms with Gasteiger partial charge in [-0.1, -0.05) is 5.92 Å². The third kappa shape index (κ3) is 2.97. The molecule has 0 saturated carbocycles. The molecule has 0 spiro atoms. The van der Waals surface area contributed by atoms with Crippen molar-refractivity contribution >= 4 is 5.69 Å². The first kappa shape index (κ1) is 13.5. The second-order valence-electron chi connectivity index (χ2n) is 4.28. The van der Waals surface area contributed by atoms with Crippen LogP contribution in [0.2, 0.25) is 0 Å². The van der Waals surface area contributed by atoms with Crippen LogP contribution < -0.4 is 0 Å². The van der Waals surface area contributed by atoms with Crippen LogP contribution in [0.4, 0.5) is 10.1 Å². The maximum Gasteiger partial charge on any atom is 0.205 e. The summed E-state index contributed by atoms with van der Waals surface area (Å²) in [6, 6.07) is 5.75. The van der Waals surface area contributed by atoms with Gasteiger partial charge in [0.2, 0.25) is 5.82 Å². The topological polar surface area (TPSA) is 48.0 Å². The van der Waals surface area contributed by atoms with Crippen LogP contribution >= 0.6 is 0 Å². The molecular formula is C16H8FN5. The van der Waals surface area contributed by atoms with E-state index >= 15 is 0 Å². The first-order chi connectivity index (χ1) is 10.7. The minimum Gasteiger partial charge on any atom is -0.241 e. The minimum atomic E-state index is -0.482. The number of hydrogen-bond donors (Lipinski definition) is 0. The van der Waals surface area contributed by atoms with Crippen molar-refractivity contribution in [2.45, 2.75) is 0 Å². The zero-order chi connectivity index (χ0) is 15.4. The van der Waals surface area contributed by atoms with Gasteiger partial charge in [-0.3, -0.25) is 0 Å². The predicted octanol–water partition coefficient (Wildman–Crippen LogP) is 2.75. The molecule has 0 radical (unpaired) electrons. The highest BCUT2D eigenvalue weighted by Crippen LogP contribution is 2.19. The molecule has 0 saturated heterocycles. The van der Waals surface area contributed by atoms with E-state index in [-0.39, 0.29) is 5.69 Å².